The van der Waals surface area contributed by atoms with Gasteiger partial charge in [0, 0.05) is 36.1 Å². The SMILES string of the molecule is O=C(CSc1ccc(-c2ccc(N3CCCCC3)cc2)nn1)Nc1ccc(F)c(F)c1. The fourth-order valence-electron chi connectivity index (χ4n) is 3.46. The van der Waals surface area contributed by atoms with Gasteiger partial charge in [-0.25, -0.2) is 8.78 Å². The average molecular weight is 441 g/mol. The molecule has 160 valence electrons. The molecule has 8 heteroatoms. The lowest BCUT2D eigenvalue weighted by molar-refractivity contribution is -0.113. The van der Waals surface area contributed by atoms with Crippen LogP contribution in [-0.4, -0.2) is 34.9 Å². The molecule has 2 aromatic carbocycles. The molecule has 1 aliphatic rings. The van der Waals surface area contributed by atoms with Crippen LogP contribution in [0.4, 0.5) is 20.2 Å². The van der Waals surface area contributed by atoms with Crippen molar-refractivity contribution >= 4 is 29.0 Å². The number of thioether (sulfide) groups is 1. The Morgan fingerprint density at radius 1 is 0.935 bits per heavy atom. The van der Waals surface area contributed by atoms with Crippen molar-refractivity contribution in [2.24, 2.45) is 0 Å². The van der Waals surface area contributed by atoms with Crippen molar-refractivity contribution in [1.29, 1.82) is 0 Å². The Balaban J connectivity index is 1.31. The van der Waals surface area contributed by atoms with E-state index in [1.807, 2.05) is 12.1 Å². The first-order chi connectivity index (χ1) is 15.1. The Hall–Kier alpha value is -3.00. The van der Waals surface area contributed by atoms with E-state index in [4.69, 9.17) is 0 Å². The van der Waals surface area contributed by atoms with Crippen LogP contribution in [0.5, 0.6) is 0 Å². The van der Waals surface area contributed by atoms with Gasteiger partial charge in [0.05, 0.1) is 11.4 Å². The first kappa shape index (κ1) is 21.2. The fraction of sp³-hybridized carbons (Fsp3) is 0.261. The number of halogens is 2. The molecule has 1 N–H and O–H groups in total. The van der Waals surface area contributed by atoms with Crippen LogP contribution in [0.3, 0.4) is 0 Å². The normalized spacial score (nSPS) is 13.8. The van der Waals surface area contributed by atoms with Gasteiger partial charge >= 0.3 is 0 Å². The van der Waals surface area contributed by atoms with Crippen LogP contribution in [0.25, 0.3) is 11.3 Å². The Labute approximate surface area is 183 Å². The zero-order valence-electron chi connectivity index (χ0n) is 16.9. The van der Waals surface area contributed by atoms with Gasteiger partial charge in [-0.05, 0) is 55.7 Å². The van der Waals surface area contributed by atoms with Crippen LogP contribution in [0.2, 0.25) is 0 Å². The maximum Gasteiger partial charge on any atom is 0.234 e. The van der Waals surface area contributed by atoms with Crippen molar-refractivity contribution in [2.75, 3.05) is 29.1 Å². The topological polar surface area (TPSA) is 58.1 Å². The molecule has 31 heavy (non-hydrogen) atoms. The molecule has 3 aromatic rings. The lowest BCUT2D eigenvalue weighted by atomic mass is 10.1. The van der Waals surface area contributed by atoms with Gasteiger partial charge in [0.25, 0.3) is 0 Å². The molecule has 0 aliphatic carbocycles. The molecular weight excluding hydrogens is 418 g/mol. The number of nitrogens with zero attached hydrogens (tertiary/aromatic N) is 3. The van der Waals surface area contributed by atoms with Gasteiger partial charge in [0.15, 0.2) is 11.6 Å². The molecule has 0 spiro atoms. The molecule has 1 aromatic heterocycles. The number of nitrogens with one attached hydrogen (secondary N) is 1. The van der Waals surface area contributed by atoms with Crippen LogP contribution in [0.1, 0.15) is 19.3 Å². The van der Waals surface area contributed by atoms with Crippen molar-refractivity contribution in [3.05, 3.63) is 66.2 Å². The van der Waals surface area contributed by atoms with E-state index in [1.165, 1.54) is 42.8 Å². The highest BCUT2D eigenvalue weighted by Gasteiger charge is 2.12. The van der Waals surface area contributed by atoms with E-state index in [2.05, 4.69) is 44.7 Å². The van der Waals surface area contributed by atoms with Gasteiger partial charge in [0.1, 0.15) is 5.03 Å². The summed E-state index contributed by atoms with van der Waals surface area (Å²) in [6, 6.07) is 15.3. The van der Waals surface area contributed by atoms with Gasteiger partial charge in [-0.1, -0.05) is 23.9 Å². The number of anilines is 2. The number of hydrogen-bond acceptors (Lipinski definition) is 5. The Bertz CT molecular complexity index is 1040. The van der Waals surface area contributed by atoms with Gasteiger partial charge in [-0.3, -0.25) is 4.79 Å². The van der Waals surface area contributed by atoms with Gasteiger partial charge in [-0.15, -0.1) is 10.2 Å². The van der Waals surface area contributed by atoms with Crippen molar-refractivity contribution in [2.45, 2.75) is 24.3 Å². The minimum atomic E-state index is -1.00. The third-order valence-corrected chi connectivity index (χ3v) is 6.00. The van der Waals surface area contributed by atoms with Gasteiger partial charge in [-0.2, -0.15) is 0 Å². The highest BCUT2D eigenvalue weighted by molar-refractivity contribution is 7.99. The third-order valence-electron chi connectivity index (χ3n) is 5.08. The average Bonchev–Trinajstić information content (AvgIpc) is 2.81. The standard InChI is InChI=1S/C23H22F2N4OS/c24-19-9-6-17(14-20(19)25)26-22(30)15-31-23-11-10-21(27-28-23)16-4-7-18(8-5-16)29-12-2-1-3-13-29/h4-11,14H,1-3,12-13,15H2,(H,26,30). The molecule has 0 unspecified atom stereocenters. The van der Waals surface area contributed by atoms with E-state index in [-0.39, 0.29) is 17.3 Å². The number of hydrogen-bond donors (Lipinski definition) is 1. The summed E-state index contributed by atoms with van der Waals surface area (Å²) in [5, 5.41) is 11.6. The highest BCUT2D eigenvalue weighted by atomic mass is 32.2. The van der Waals surface area contributed by atoms with Crippen LogP contribution in [-0.2, 0) is 4.79 Å². The number of rotatable bonds is 6. The summed E-state index contributed by atoms with van der Waals surface area (Å²) in [5.74, 6) is -2.22. The lowest BCUT2D eigenvalue weighted by Crippen LogP contribution is -2.29. The van der Waals surface area contributed by atoms with Crippen molar-refractivity contribution in [3.8, 4) is 11.3 Å². The van der Waals surface area contributed by atoms with E-state index < -0.39 is 11.6 Å². The summed E-state index contributed by atoms with van der Waals surface area (Å²) < 4.78 is 26.2. The second kappa shape index (κ2) is 9.87. The zero-order valence-corrected chi connectivity index (χ0v) is 17.7. The molecule has 4 rings (SSSR count). The molecular formula is C23H22F2N4OS. The van der Waals surface area contributed by atoms with Gasteiger partial charge in [0.2, 0.25) is 5.91 Å². The molecule has 0 radical (unpaired) electrons. The van der Waals surface area contributed by atoms with Crippen molar-refractivity contribution in [1.82, 2.24) is 10.2 Å². The van der Waals surface area contributed by atoms with Crippen molar-refractivity contribution < 1.29 is 13.6 Å². The number of aromatic nitrogens is 2. The Kier molecular flexibility index (Phi) is 6.76. The molecule has 1 saturated heterocycles. The molecule has 0 saturated carbocycles. The number of carbonyl (C=O) groups is 1. The maximum atomic E-state index is 13.2. The number of amides is 1. The summed E-state index contributed by atoms with van der Waals surface area (Å²) in [7, 11) is 0. The summed E-state index contributed by atoms with van der Waals surface area (Å²) in [4.78, 5) is 14.4. The zero-order chi connectivity index (χ0) is 21.6. The second-order valence-corrected chi connectivity index (χ2v) is 8.31. The first-order valence-corrected chi connectivity index (χ1v) is 11.1. The van der Waals surface area contributed by atoms with Crippen molar-refractivity contribution in [3.63, 3.8) is 0 Å². The maximum absolute atomic E-state index is 13.2. The largest absolute Gasteiger partial charge is 0.372 e. The lowest BCUT2D eigenvalue weighted by Gasteiger charge is -2.28. The van der Waals surface area contributed by atoms with Crippen LogP contribution >= 0.6 is 11.8 Å². The predicted octanol–water partition coefficient (Wildman–Crippen LogP) is 5.14. The van der Waals surface area contributed by atoms with E-state index in [0.717, 1.165) is 36.5 Å². The van der Waals surface area contributed by atoms with E-state index in [1.54, 1.807) is 0 Å². The number of piperidine rings is 1. The fourth-order valence-corrected chi connectivity index (χ4v) is 4.07. The summed E-state index contributed by atoms with van der Waals surface area (Å²) in [6.45, 7) is 2.21. The number of carbonyl (C=O) groups excluding carboxylic acids is 1. The quantitative estimate of drug-likeness (QED) is 0.538. The van der Waals surface area contributed by atoms with Crippen LogP contribution in [0, 0.1) is 11.6 Å². The molecule has 5 nitrogen and oxygen atoms in total. The predicted molar refractivity (Wildman–Crippen MR) is 119 cm³/mol. The Morgan fingerprint density at radius 2 is 1.71 bits per heavy atom. The highest BCUT2D eigenvalue weighted by Crippen LogP contribution is 2.25. The minimum absolute atomic E-state index is 0.0809. The van der Waals surface area contributed by atoms with Gasteiger partial charge < -0.3 is 10.2 Å². The third kappa shape index (κ3) is 5.58. The molecule has 2 heterocycles. The number of benzene rings is 2. The summed E-state index contributed by atoms with van der Waals surface area (Å²) >= 11 is 1.22. The molecule has 1 fully saturated rings. The molecule has 1 aliphatic heterocycles. The van der Waals surface area contributed by atoms with E-state index >= 15 is 0 Å². The second-order valence-electron chi connectivity index (χ2n) is 7.32. The van der Waals surface area contributed by atoms with Crippen LogP contribution < -0.4 is 10.2 Å². The van der Waals surface area contributed by atoms with E-state index in [0.29, 0.717) is 5.03 Å². The molecule has 1 amide bonds. The summed E-state index contributed by atoms with van der Waals surface area (Å²) in [6.07, 6.45) is 3.79. The molecule has 0 bridgehead atoms. The smallest absolute Gasteiger partial charge is 0.234 e. The Morgan fingerprint density at radius 3 is 2.39 bits per heavy atom. The minimum Gasteiger partial charge on any atom is -0.372 e. The summed E-state index contributed by atoms with van der Waals surface area (Å²) in [5.41, 5.74) is 3.19. The molecule has 0 atom stereocenters. The van der Waals surface area contributed by atoms with E-state index in [9.17, 15) is 13.6 Å². The van der Waals surface area contributed by atoms with Crippen LogP contribution in [0.15, 0.2) is 59.6 Å². The monoisotopic (exact) mass is 440 g/mol. The first-order valence-electron chi connectivity index (χ1n) is 10.2.